The molecule has 3 N–H and O–H groups in total. The summed E-state index contributed by atoms with van der Waals surface area (Å²) in [5.74, 6) is -0.702. The molecule has 1 heterocycles. The SMILES string of the molecule is Cc1cc(C(N)=O)cc(N(CCC(=O)O)C2CC2)n1. The van der Waals surface area contributed by atoms with Crippen molar-refractivity contribution in [2.75, 3.05) is 11.4 Å². The van der Waals surface area contributed by atoms with Crippen LogP contribution < -0.4 is 10.6 Å². The number of carbonyl (C=O) groups excluding carboxylic acids is 1. The molecule has 6 heteroatoms. The van der Waals surface area contributed by atoms with Crippen LogP contribution in [-0.4, -0.2) is 34.6 Å². The molecule has 0 saturated heterocycles. The predicted molar refractivity (Wildman–Crippen MR) is 70.1 cm³/mol. The Kier molecular flexibility index (Phi) is 3.69. The lowest BCUT2D eigenvalue weighted by Gasteiger charge is -2.23. The zero-order valence-corrected chi connectivity index (χ0v) is 10.8. The Hall–Kier alpha value is -2.11. The molecule has 1 aliphatic carbocycles. The maximum Gasteiger partial charge on any atom is 0.305 e. The average Bonchev–Trinajstić information content (AvgIpc) is 3.12. The van der Waals surface area contributed by atoms with E-state index >= 15 is 0 Å². The van der Waals surface area contributed by atoms with Gasteiger partial charge in [-0.3, -0.25) is 9.59 Å². The molecule has 1 aromatic heterocycles. The molecule has 1 saturated carbocycles. The largest absolute Gasteiger partial charge is 0.481 e. The lowest BCUT2D eigenvalue weighted by molar-refractivity contribution is -0.136. The number of hydrogen-bond acceptors (Lipinski definition) is 4. The molecule has 0 unspecified atom stereocenters. The van der Waals surface area contributed by atoms with Crippen LogP contribution in [0.1, 0.15) is 35.3 Å². The molecule has 6 nitrogen and oxygen atoms in total. The maximum atomic E-state index is 11.3. The van der Waals surface area contributed by atoms with Crippen molar-refractivity contribution >= 4 is 17.7 Å². The van der Waals surface area contributed by atoms with Crippen molar-refractivity contribution in [1.82, 2.24) is 4.98 Å². The van der Waals surface area contributed by atoms with E-state index < -0.39 is 11.9 Å². The minimum Gasteiger partial charge on any atom is -0.481 e. The molecule has 0 radical (unpaired) electrons. The van der Waals surface area contributed by atoms with E-state index in [1.807, 2.05) is 4.90 Å². The molecule has 0 aromatic carbocycles. The molecule has 0 spiro atoms. The fraction of sp³-hybridized carbons (Fsp3) is 0.462. The van der Waals surface area contributed by atoms with Crippen molar-refractivity contribution in [2.45, 2.75) is 32.2 Å². The Morgan fingerprint density at radius 3 is 2.68 bits per heavy atom. The first kappa shape index (κ1) is 13.3. The van der Waals surface area contributed by atoms with Gasteiger partial charge in [-0.05, 0) is 31.9 Å². The summed E-state index contributed by atoms with van der Waals surface area (Å²) in [5.41, 5.74) is 6.39. The highest BCUT2D eigenvalue weighted by atomic mass is 16.4. The minimum absolute atomic E-state index is 0.0536. The number of carboxylic acids is 1. The Labute approximate surface area is 111 Å². The molecule has 1 aromatic rings. The van der Waals surface area contributed by atoms with Gasteiger partial charge >= 0.3 is 5.97 Å². The van der Waals surface area contributed by atoms with Crippen LogP contribution in [0.2, 0.25) is 0 Å². The Morgan fingerprint density at radius 2 is 2.16 bits per heavy atom. The molecular formula is C13H17N3O3. The number of pyridine rings is 1. The summed E-state index contributed by atoms with van der Waals surface area (Å²) in [5, 5.41) is 8.79. The van der Waals surface area contributed by atoms with Crippen LogP contribution in [0.15, 0.2) is 12.1 Å². The quantitative estimate of drug-likeness (QED) is 0.796. The third-order valence-corrected chi connectivity index (χ3v) is 3.07. The third kappa shape index (κ3) is 3.43. The Balaban J connectivity index is 2.25. The average molecular weight is 263 g/mol. The molecule has 0 atom stereocenters. The fourth-order valence-corrected chi connectivity index (χ4v) is 2.03. The number of rotatable bonds is 6. The number of carbonyl (C=O) groups is 2. The number of aryl methyl sites for hydroxylation is 1. The summed E-state index contributed by atoms with van der Waals surface area (Å²) < 4.78 is 0. The van der Waals surface area contributed by atoms with E-state index in [0.29, 0.717) is 29.7 Å². The number of aromatic nitrogens is 1. The van der Waals surface area contributed by atoms with Gasteiger partial charge in [0, 0.05) is 23.8 Å². The number of carboxylic acid groups (broad SMARTS) is 1. The number of nitrogens with zero attached hydrogens (tertiary/aromatic N) is 2. The highest BCUT2D eigenvalue weighted by molar-refractivity contribution is 5.93. The lowest BCUT2D eigenvalue weighted by atomic mass is 10.2. The van der Waals surface area contributed by atoms with Crippen LogP contribution in [-0.2, 0) is 4.79 Å². The van der Waals surface area contributed by atoms with Crippen molar-refractivity contribution in [3.05, 3.63) is 23.4 Å². The maximum absolute atomic E-state index is 11.3. The number of hydrogen-bond donors (Lipinski definition) is 2. The highest BCUT2D eigenvalue weighted by Gasteiger charge is 2.30. The molecule has 102 valence electrons. The van der Waals surface area contributed by atoms with E-state index in [-0.39, 0.29) is 6.42 Å². The zero-order valence-electron chi connectivity index (χ0n) is 10.8. The van der Waals surface area contributed by atoms with E-state index in [9.17, 15) is 9.59 Å². The lowest BCUT2D eigenvalue weighted by Crippen LogP contribution is -2.29. The highest BCUT2D eigenvalue weighted by Crippen LogP contribution is 2.31. The third-order valence-electron chi connectivity index (χ3n) is 3.07. The Morgan fingerprint density at radius 1 is 1.47 bits per heavy atom. The van der Waals surface area contributed by atoms with Gasteiger partial charge in [-0.15, -0.1) is 0 Å². The topological polar surface area (TPSA) is 96.5 Å². The standard InChI is InChI=1S/C13H17N3O3/c1-8-6-9(13(14)19)7-11(15-8)16(10-2-3-10)5-4-12(17)18/h6-7,10H,2-5H2,1H3,(H2,14,19)(H,17,18). The summed E-state index contributed by atoms with van der Waals surface area (Å²) in [6.45, 7) is 2.19. The van der Waals surface area contributed by atoms with Crippen molar-refractivity contribution in [3.8, 4) is 0 Å². The zero-order chi connectivity index (χ0) is 14.0. The van der Waals surface area contributed by atoms with Gasteiger partial charge in [-0.2, -0.15) is 0 Å². The van der Waals surface area contributed by atoms with Gasteiger partial charge in [0.25, 0.3) is 0 Å². The van der Waals surface area contributed by atoms with Crippen LogP contribution >= 0.6 is 0 Å². The summed E-state index contributed by atoms with van der Waals surface area (Å²) >= 11 is 0. The normalized spacial score (nSPS) is 14.2. The van der Waals surface area contributed by atoms with E-state index in [1.54, 1.807) is 19.1 Å². The van der Waals surface area contributed by atoms with Crippen molar-refractivity contribution in [3.63, 3.8) is 0 Å². The van der Waals surface area contributed by atoms with Gasteiger partial charge in [-0.25, -0.2) is 4.98 Å². The Bertz CT molecular complexity index is 512. The van der Waals surface area contributed by atoms with Gasteiger partial charge in [0.05, 0.1) is 6.42 Å². The van der Waals surface area contributed by atoms with Crippen LogP contribution in [0.3, 0.4) is 0 Å². The molecular weight excluding hydrogens is 246 g/mol. The van der Waals surface area contributed by atoms with E-state index in [2.05, 4.69) is 4.98 Å². The van der Waals surface area contributed by atoms with Crippen molar-refractivity contribution in [1.29, 1.82) is 0 Å². The number of anilines is 1. The first-order chi connectivity index (χ1) is 8.97. The van der Waals surface area contributed by atoms with Gasteiger partial charge in [0.1, 0.15) is 5.82 Å². The molecule has 19 heavy (non-hydrogen) atoms. The number of amides is 1. The molecule has 1 fully saturated rings. The molecule has 2 rings (SSSR count). The number of aliphatic carboxylic acids is 1. The second-order valence-electron chi connectivity index (χ2n) is 4.79. The van der Waals surface area contributed by atoms with Gasteiger partial charge in [0.2, 0.25) is 5.91 Å². The smallest absolute Gasteiger partial charge is 0.305 e. The summed E-state index contributed by atoms with van der Waals surface area (Å²) in [6.07, 6.45) is 2.11. The van der Waals surface area contributed by atoms with E-state index in [1.165, 1.54) is 0 Å². The van der Waals surface area contributed by atoms with Crippen LogP contribution in [0.4, 0.5) is 5.82 Å². The van der Waals surface area contributed by atoms with Crippen LogP contribution in [0.25, 0.3) is 0 Å². The fourth-order valence-electron chi connectivity index (χ4n) is 2.03. The molecule has 0 aliphatic heterocycles. The molecule has 1 amide bonds. The van der Waals surface area contributed by atoms with Crippen molar-refractivity contribution in [2.24, 2.45) is 5.73 Å². The van der Waals surface area contributed by atoms with Crippen LogP contribution in [0.5, 0.6) is 0 Å². The number of primary amides is 1. The van der Waals surface area contributed by atoms with Crippen LogP contribution in [0, 0.1) is 6.92 Å². The number of nitrogens with two attached hydrogens (primary N) is 1. The van der Waals surface area contributed by atoms with Crippen molar-refractivity contribution < 1.29 is 14.7 Å². The van der Waals surface area contributed by atoms with E-state index in [0.717, 1.165) is 12.8 Å². The van der Waals surface area contributed by atoms with Gasteiger partial charge < -0.3 is 15.7 Å². The molecule has 1 aliphatic rings. The van der Waals surface area contributed by atoms with Gasteiger partial charge in [0.15, 0.2) is 0 Å². The summed E-state index contributed by atoms with van der Waals surface area (Å²) in [6, 6.07) is 3.60. The van der Waals surface area contributed by atoms with Gasteiger partial charge in [-0.1, -0.05) is 0 Å². The minimum atomic E-state index is -0.839. The first-order valence-electron chi connectivity index (χ1n) is 6.24. The summed E-state index contributed by atoms with van der Waals surface area (Å²) in [4.78, 5) is 28.3. The molecule has 0 bridgehead atoms. The van der Waals surface area contributed by atoms with E-state index in [4.69, 9.17) is 10.8 Å². The monoisotopic (exact) mass is 263 g/mol. The summed E-state index contributed by atoms with van der Waals surface area (Å²) in [7, 11) is 0. The second kappa shape index (κ2) is 5.26. The second-order valence-corrected chi connectivity index (χ2v) is 4.79. The first-order valence-corrected chi connectivity index (χ1v) is 6.24. The predicted octanol–water partition coefficient (Wildman–Crippen LogP) is 0.932.